The van der Waals surface area contributed by atoms with Gasteiger partial charge >= 0.3 is 0 Å². The highest BCUT2D eigenvalue weighted by molar-refractivity contribution is 5.12. The molecule has 0 saturated carbocycles. The average molecular weight is 234 g/mol. The van der Waals surface area contributed by atoms with Gasteiger partial charge in [0.2, 0.25) is 0 Å². The first-order chi connectivity index (χ1) is 8.20. The van der Waals surface area contributed by atoms with Crippen LogP contribution < -0.4 is 0 Å². The molecule has 2 aromatic rings. The number of aryl methyl sites for hydroxylation is 2. The second-order valence-corrected chi connectivity index (χ2v) is 4.22. The number of aromatic nitrogens is 4. The Morgan fingerprint density at radius 3 is 2.88 bits per heavy atom. The third-order valence-electron chi connectivity index (χ3n) is 2.71. The fraction of sp³-hybridized carbons (Fsp3) is 0.500. The van der Waals surface area contributed by atoms with Gasteiger partial charge in [0.05, 0.1) is 18.0 Å². The van der Waals surface area contributed by atoms with Crippen LogP contribution in [-0.2, 0) is 20.0 Å². The second kappa shape index (κ2) is 5.14. The van der Waals surface area contributed by atoms with E-state index in [1.54, 1.807) is 17.1 Å². The zero-order valence-corrected chi connectivity index (χ0v) is 10.2. The maximum Gasteiger partial charge on any atom is 0.0997 e. The zero-order valence-electron chi connectivity index (χ0n) is 10.2. The van der Waals surface area contributed by atoms with Gasteiger partial charge in [0.15, 0.2) is 0 Å². The van der Waals surface area contributed by atoms with Crippen molar-refractivity contribution in [3.63, 3.8) is 0 Å². The minimum absolute atomic E-state index is 0.520. The van der Waals surface area contributed by atoms with Crippen molar-refractivity contribution in [2.75, 3.05) is 0 Å². The van der Waals surface area contributed by atoms with Crippen LogP contribution in [0, 0.1) is 0 Å². The lowest BCUT2D eigenvalue weighted by atomic mass is 10.1. The highest BCUT2D eigenvalue weighted by Crippen LogP contribution is 2.17. The van der Waals surface area contributed by atoms with E-state index in [0.717, 1.165) is 24.2 Å². The Hall–Kier alpha value is -1.62. The molecular formula is C12H18N4O. The molecular weight excluding hydrogens is 216 g/mol. The predicted octanol–water partition coefficient (Wildman–Crippen LogP) is 1.30. The van der Waals surface area contributed by atoms with Crippen LogP contribution in [0.4, 0.5) is 0 Å². The molecule has 2 aromatic heterocycles. The molecule has 0 radical (unpaired) electrons. The van der Waals surface area contributed by atoms with E-state index in [2.05, 4.69) is 17.1 Å². The van der Waals surface area contributed by atoms with Gasteiger partial charge in [-0.05, 0) is 18.1 Å². The third kappa shape index (κ3) is 2.74. The molecule has 0 saturated heterocycles. The molecule has 17 heavy (non-hydrogen) atoms. The highest BCUT2D eigenvalue weighted by Gasteiger charge is 2.14. The average Bonchev–Trinajstić information content (AvgIpc) is 2.88. The summed E-state index contributed by atoms with van der Waals surface area (Å²) < 4.78 is 3.60. The molecule has 5 heteroatoms. The van der Waals surface area contributed by atoms with E-state index in [0.29, 0.717) is 6.42 Å². The Kier molecular flexibility index (Phi) is 3.58. The molecule has 0 bridgehead atoms. The van der Waals surface area contributed by atoms with Crippen LogP contribution in [0.15, 0.2) is 24.7 Å². The van der Waals surface area contributed by atoms with Crippen molar-refractivity contribution in [3.8, 4) is 0 Å². The van der Waals surface area contributed by atoms with E-state index in [1.165, 1.54) is 0 Å². The Labute approximate surface area is 101 Å². The van der Waals surface area contributed by atoms with Gasteiger partial charge in [0, 0.05) is 32.4 Å². The van der Waals surface area contributed by atoms with Gasteiger partial charge in [0.1, 0.15) is 0 Å². The van der Waals surface area contributed by atoms with Crippen molar-refractivity contribution in [3.05, 3.63) is 35.9 Å². The first-order valence-corrected chi connectivity index (χ1v) is 5.88. The normalized spacial score (nSPS) is 12.9. The van der Waals surface area contributed by atoms with Crippen LogP contribution >= 0.6 is 0 Å². The monoisotopic (exact) mass is 234 g/mol. The molecule has 0 aliphatic heterocycles. The number of rotatable bonds is 5. The Morgan fingerprint density at radius 2 is 2.24 bits per heavy atom. The van der Waals surface area contributed by atoms with Crippen LogP contribution in [0.1, 0.15) is 30.7 Å². The molecule has 0 fully saturated rings. The number of hydrogen-bond acceptors (Lipinski definition) is 3. The molecule has 5 nitrogen and oxygen atoms in total. The van der Waals surface area contributed by atoms with E-state index in [4.69, 9.17) is 0 Å². The lowest BCUT2D eigenvalue weighted by Crippen LogP contribution is -2.10. The molecule has 0 aromatic carbocycles. The van der Waals surface area contributed by atoms with Crippen molar-refractivity contribution in [1.82, 2.24) is 19.6 Å². The fourth-order valence-electron chi connectivity index (χ4n) is 1.93. The largest absolute Gasteiger partial charge is 0.386 e. The first kappa shape index (κ1) is 11.9. The SMILES string of the molecule is CCCn1nccc1C(O)Cc1cnn(C)c1. The molecule has 1 atom stereocenters. The molecule has 0 spiro atoms. The maximum atomic E-state index is 10.2. The number of aliphatic hydroxyl groups excluding tert-OH is 1. The van der Waals surface area contributed by atoms with Gasteiger partial charge in [-0.25, -0.2) is 0 Å². The van der Waals surface area contributed by atoms with Crippen LogP contribution in [0.2, 0.25) is 0 Å². The summed E-state index contributed by atoms with van der Waals surface area (Å²) in [6, 6.07) is 1.87. The summed E-state index contributed by atoms with van der Waals surface area (Å²) in [4.78, 5) is 0. The summed E-state index contributed by atoms with van der Waals surface area (Å²) in [5, 5.41) is 18.5. The predicted molar refractivity (Wildman–Crippen MR) is 64.4 cm³/mol. The molecule has 2 heterocycles. The minimum atomic E-state index is -0.520. The molecule has 0 aliphatic rings. The van der Waals surface area contributed by atoms with Gasteiger partial charge in [-0.3, -0.25) is 9.36 Å². The summed E-state index contributed by atoms with van der Waals surface area (Å²) in [6.45, 7) is 2.94. The topological polar surface area (TPSA) is 55.9 Å². The summed E-state index contributed by atoms with van der Waals surface area (Å²) in [5.41, 5.74) is 1.90. The Balaban J connectivity index is 2.08. The molecule has 0 amide bonds. The van der Waals surface area contributed by atoms with E-state index in [1.807, 2.05) is 24.0 Å². The van der Waals surface area contributed by atoms with E-state index < -0.39 is 6.10 Å². The summed E-state index contributed by atoms with van der Waals surface area (Å²) in [6.07, 6.45) is 6.50. The van der Waals surface area contributed by atoms with Crippen LogP contribution in [0.5, 0.6) is 0 Å². The van der Waals surface area contributed by atoms with Gasteiger partial charge in [-0.2, -0.15) is 10.2 Å². The first-order valence-electron chi connectivity index (χ1n) is 5.88. The Bertz CT molecular complexity index is 474. The summed E-state index contributed by atoms with van der Waals surface area (Å²) >= 11 is 0. The molecule has 1 N–H and O–H groups in total. The van der Waals surface area contributed by atoms with Crippen molar-refractivity contribution in [2.24, 2.45) is 7.05 Å². The number of nitrogens with zero attached hydrogens (tertiary/aromatic N) is 4. The lowest BCUT2D eigenvalue weighted by molar-refractivity contribution is 0.166. The van der Waals surface area contributed by atoms with E-state index in [-0.39, 0.29) is 0 Å². The van der Waals surface area contributed by atoms with Crippen LogP contribution in [0.3, 0.4) is 0 Å². The molecule has 1 unspecified atom stereocenters. The van der Waals surface area contributed by atoms with Gasteiger partial charge in [-0.1, -0.05) is 6.92 Å². The molecule has 2 rings (SSSR count). The number of aliphatic hydroxyl groups is 1. The van der Waals surface area contributed by atoms with E-state index >= 15 is 0 Å². The van der Waals surface area contributed by atoms with E-state index in [9.17, 15) is 5.11 Å². The maximum absolute atomic E-state index is 10.2. The van der Waals surface area contributed by atoms with Crippen molar-refractivity contribution < 1.29 is 5.11 Å². The van der Waals surface area contributed by atoms with Gasteiger partial charge < -0.3 is 5.11 Å². The van der Waals surface area contributed by atoms with Crippen molar-refractivity contribution in [2.45, 2.75) is 32.4 Å². The van der Waals surface area contributed by atoms with Crippen LogP contribution in [0.25, 0.3) is 0 Å². The fourth-order valence-corrected chi connectivity index (χ4v) is 1.93. The quantitative estimate of drug-likeness (QED) is 0.848. The minimum Gasteiger partial charge on any atom is -0.386 e. The zero-order chi connectivity index (χ0) is 12.3. The lowest BCUT2D eigenvalue weighted by Gasteiger charge is -2.11. The van der Waals surface area contributed by atoms with Crippen molar-refractivity contribution in [1.29, 1.82) is 0 Å². The molecule has 0 aliphatic carbocycles. The van der Waals surface area contributed by atoms with Gasteiger partial charge in [0.25, 0.3) is 0 Å². The summed E-state index contributed by atoms with van der Waals surface area (Å²) in [5.74, 6) is 0. The van der Waals surface area contributed by atoms with Crippen molar-refractivity contribution >= 4 is 0 Å². The second-order valence-electron chi connectivity index (χ2n) is 4.22. The number of hydrogen-bond donors (Lipinski definition) is 1. The third-order valence-corrected chi connectivity index (χ3v) is 2.71. The highest BCUT2D eigenvalue weighted by atomic mass is 16.3. The summed E-state index contributed by atoms with van der Waals surface area (Å²) in [7, 11) is 1.87. The van der Waals surface area contributed by atoms with Crippen LogP contribution in [-0.4, -0.2) is 24.7 Å². The Morgan fingerprint density at radius 1 is 1.41 bits per heavy atom. The molecule has 92 valence electrons. The van der Waals surface area contributed by atoms with Gasteiger partial charge in [-0.15, -0.1) is 0 Å². The smallest absolute Gasteiger partial charge is 0.0997 e. The standard InChI is InChI=1S/C12H18N4O/c1-3-6-16-11(4-5-13-16)12(17)7-10-8-14-15(2)9-10/h4-5,8-9,12,17H,3,6-7H2,1-2H3.